The standard InChI is InChI=1S/C13H13N3O2S/c17-13(11-7-19-8-15-11)16-10-3-5-18-12(10)9-2-1-4-14-6-9/h1-2,4,6-8,10,12H,3,5H2,(H,16,17)/t10-,12+/m0/s1. The van der Waals surface area contributed by atoms with Crippen molar-refractivity contribution in [2.75, 3.05) is 6.61 Å². The number of nitrogens with one attached hydrogen (secondary N) is 1. The first-order valence-electron chi connectivity index (χ1n) is 6.05. The Morgan fingerprint density at radius 1 is 1.53 bits per heavy atom. The summed E-state index contributed by atoms with van der Waals surface area (Å²) >= 11 is 1.41. The highest BCUT2D eigenvalue weighted by atomic mass is 32.1. The molecule has 1 N–H and O–H groups in total. The molecule has 0 aliphatic carbocycles. The molecule has 3 rings (SSSR count). The summed E-state index contributed by atoms with van der Waals surface area (Å²) in [7, 11) is 0. The quantitative estimate of drug-likeness (QED) is 0.927. The van der Waals surface area contributed by atoms with Crippen LogP contribution >= 0.6 is 11.3 Å². The third-order valence-electron chi connectivity index (χ3n) is 3.09. The second kappa shape index (κ2) is 5.46. The lowest BCUT2D eigenvalue weighted by atomic mass is 10.0. The second-order valence-corrected chi connectivity index (χ2v) is 5.04. The monoisotopic (exact) mass is 275 g/mol. The summed E-state index contributed by atoms with van der Waals surface area (Å²) in [5, 5.41) is 4.72. The van der Waals surface area contributed by atoms with Gasteiger partial charge in [-0.05, 0) is 12.5 Å². The fraction of sp³-hybridized carbons (Fsp3) is 0.308. The van der Waals surface area contributed by atoms with Crippen molar-refractivity contribution in [2.45, 2.75) is 18.6 Å². The summed E-state index contributed by atoms with van der Waals surface area (Å²) < 4.78 is 5.70. The Kier molecular flexibility index (Phi) is 3.52. The van der Waals surface area contributed by atoms with Gasteiger partial charge in [-0.25, -0.2) is 4.98 Å². The third kappa shape index (κ3) is 2.64. The van der Waals surface area contributed by atoms with E-state index in [1.807, 2.05) is 12.1 Å². The predicted molar refractivity (Wildman–Crippen MR) is 70.9 cm³/mol. The maximum absolute atomic E-state index is 12.0. The molecular formula is C13H13N3O2S. The normalized spacial score (nSPS) is 22.3. The molecule has 2 aromatic heterocycles. The highest BCUT2D eigenvalue weighted by Gasteiger charge is 2.31. The molecule has 0 aromatic carbocycles. The average Bonchev–Trinajstić information content (AvgIpc) is 3.11. The molecule has 3 heterocycles. The number of ether oxygens (including phenoxy) is 1. The highest BCUT2D eigenvalue weighted by Crippen LogP contribution is 2.28. The van der Waals surface area contributed by atoms with Gasteiger partial charge in [-0.15, -0.1) is 11.3 Å². The van der Waals surface area contributed by atoms with E-state index < -0.39 is 0 Å². The Bertz CT molecular complexity index is 544. The zero-order valence-electron chi connectivity index (χ0n) is 10.2. The van der Waals surface area contributed by atoms with Gasteiger partial charge in [0.15, 0.2) is 0 Å². The molecule has 5 nitrogen and oxygen atoms in total. The van der Waals surface area contributed by atoms with Crippen LogP contribution in [0.25, 0.3) is 0 Å². The summed E-state index contributed by atoms with van der Waals surface area (Å²) in [5.74, 6) is -0.148. The number of thiazole rings is 1. The molecule has 1 fully saturated rings. The van der Waals surface area contributed by atoms with Crippen LogP contribution < -0.4 is 5.32 Å². The van der Waals surface area contributed by atoms with Gasteiger partial charge >= 0.3 is 0 Å². The van der Waals surface area contributed by atoms with E-state index in [0.29, 0.717) is 12.3 Å². The van der Waals surface area contributed by atoms with Crippen molar-refractivity contribution in [1.29, 1.82) is 0 Å². The van der Waals surface area contributed by atoms with Crippen LogP contribution in [0.5, 0.6) is 0 Å². The van der Waals surface area contributed by atoms with Crippen LogP contribution in [0.15, 0.2) is 35.4 Å². The number of pyridine rings is 1. The van der Waals surface area contributed by atoms with E-state index >= 15 is 0 Å². The molecule has 0 radical (unpaired) electrons. The highest BCUT2D eigenvalue weighted by molar-refractivity contribution is 7.07. The molecule has 6 heteroatoms. The van der Waals surface area contributed by atoms with E-state index in [-0.39, 0.29) is 18.1 Å². The summed E-state index contributed by atoms with van der Waals surface area (Å²) in [5.41, 5.74) is 3.10. The van der Waals surface area contributed by atoms with Gasteiger partial charge in [0, 0.05) is 29.9 Å². The predicted octanol–water partition coefficient (Wildman–Crippen LogP) is 1.80. The van der Waals surface area contributed by atoms with Crippen molar-refractivity contribution in [3.05, 3.63) is 46.7 Å². The van der Waals surface area contributed by atoms with Crippen molar-refractivity contribution in [1.82, 2.24) is 15.3 Å². The van der Waals surface area contributed by atoms with Crippen molar-refractivity contribution in [2.24, 2.45) is 0 Å². The third-order valence-corrected chi connectivity index (χ3v) is 3.67. The minimum Gasteiger partial charge on any atom is -0.371 e. The maximum atomic E-state index is 12.0. The minimum absolute atomic E-state index is 0.0293. The van der Waals surface area contributed by atoms with Crippen LogP contribution in [0.3, 0.4) is 0 Å². The summed E-state index contributed by atoms with van der Waals surface area (Å²) in [6.07, 6.45) is 4.17. The van der Waals surface area contributed by atoms with Gasteiger partial charge in [0.05, 0.1) is 11.6 Å². The van der Waals surface area contributed by atoms with Gasteiger partial charge in [-0.2, -0.15) is 0 Å². The molecule has 0 bridgehead atoms. The van der Waals surface area contributed by atoms with Crippen molar-refractivity contribution >= 4 is 17.2 Å². The fourth-order valence-electron chi connectivity index (χ4n) is 2.18. The van der Waals surface area contributed by atoms with Gasteiger partial charge in [0.1, 0.15) is 11.8 Å². The summed E-state index contributed by atoms with van der Waals surface area (Å²) in [4.78, 5) is 20.1. The Morgan fingerprint density at radius 3 is 3.21 bits per heavy atom. The van der Waals surface area contributed by atoms with Gasteiger partial charge in [-0.1, -0.05) is 6.07 Å². The molecule has 1 aliphatic rings. The Morgan fingerprint density at radius 2 is 2.47 bits per heavy atom. The number of rotatable bonds is 3. The summed E-state index contributed by atoms with van der Waals surface area (Å²) in [6.45, 7) is 0.640. The van der Waals surface area contributed by atoms with E-state index in [9.17, 15) is 4.79 Å². The molecule has 19 heavy (non-hydrogen) atoms. The number of hydrogen-bond acceptors (Lipinski definition) is 5. The number of nitrogens with zero attached hydrogens (tertiary/aromatic N) is 2. The maximum Gasteiger partial charge on any atom is 0.271 e. The van der Waals surface area contributed by atoms with E-state index in [4.69, 9.17) is 4.74 Å². The van der Waals surface area contributed by atoms with Crippen LogP contribution in [0.2, 0.25) is 0 Å². The van der Waals surface area contributed by atoms with Gasteiger partial charge in [-0.3, -0.25) is 9.78 Å². The van der Waals surface area contributed by atoms with Crippen LogP contribution in [-0.4, -0.2) is 28.5 Å². The topological polar surface area (TPSA) is 64.1 Å². The van der Waals surface area contributed by atoms with Crippen molar-refractivity contribution in [3.8, 4) is 0 Å². The van der Waals surface area contributed by atoms with Gasteiger partial charge in [0.2, 0.25) is 0 Å². The molecule has 2 aromatic rings. The molecule has 2 atom stereocenters. The number of aromatic nitrogens is 2. The molecule has 0 unspecified atom stereocenters. The van der Waals surface area contributed by atoms with Gasteiger partial charge < -0.3 is 10.1 Å². The van der Waals surface area contributed by atoms with E-state index in [2.05, 4.69) is 15.3 Å². The van der Waals surface area contributed by atoms with Crippen LogP contribution in [0, 0.1) is 0 Å². The molecule has 1 aliphatic heterocycles. The van der Waals surface area contributed by atoms with Crippen LogP contribution in [0.1, 0.15) is 28.6 Å². The molecule has 98 valence electrons. The van der Waals surface area contributed by atoms with Crippen LogP contribution in [-0.2, 0) is 4.74 Å². The smallest absolute Gasteiger partial charge is 0.271 e. The minimum atomic E-state index is -0.148. The van der Waals surface area contributed by atoms with E-state index in [1.54, 1.807) is 23.3 Å². The largest absolute Gasteiger partial charge is 0.371 e. The molecule has 1 saturated heterocycles. The van der Waals surface area contributed by atoms with Crippen LogP contribution in [0.4, 0.5) is 0 Å². The number of carbonyl (C=O) groups is 1. The Hall–Kier alpha value is -1.79. The SMILES string of the molecule is O=C(N[C@H]1CCO[C@@H]1c1cccnc1)c1cscn1. The van der Waals surface area contributed by atoms with Crippen molar-refractivity contribution < 1.29 is 9.53 Å². The first-order chi connectivity index (χ1) is 9.34. The Labute approximate surface area is 114 Å². The number of hydrogen-bond donors (Lipinski definition) is 1. The molecular weight excluding hydrogens is 262 g/mol. The summed E-state index contributed by atoms with van der Waals surface area (Å²) in [6, 6.07) is 3.81. The first kappa shape index (κ1) is 12.3. The lowest BCUT2D eigenvalue weighted by molar-refractivity contribution is 0.0817. The Balaban J connectivity index is 1.72. The van der Waals surface area contributed by atoms with Crippen molar-refractivity contribution in [3.63, 3.8) is 0 Å². The first-order valence-corrected chi connectivity index (χ1v) is 6.99. The zero-order chi connectivity index (χ0) is 13.1. The number of carbonyl (C=O) groups excluding carboxylic acids is 1. The number of amides is 1. The zero-order valence-corrected chi connectivity index (χ0v) is 11.0. The van der Waals surface area contributed by atoms with E-state index in [1.165, 1.54) is 11.3 Å². The fourth-order valence-corrected chi connectivity index (χ4v) is 2.71. The average molecular weight is 275 g/mol. The lowest BCUT2D eigenvalue weighted by Gasteiger charge is -2.19. The molecule has 1 amide bonds. The van der Waals surface area contributed by atoms with Gasteiger partial charge in [0.25, 0.3) is 5.91 Å². The lowest BCUT2D eigenvalue weighted by Crippen LogP contribution is -2.37. The second-order valence-electron chi connectivity index (χ2n) is 4.32. The molecule has 0 spiro atoms. The van der Waals surface area contributed by atoms with E-state index in [0.717, 1.165) is 12.0 Å². The molecule has 0 saturated carbocycles.